The van der Waals surface area contributed by atoms with E-state index >= 15 is 0 Å². The fourth-order valence-electron chi connectivity index (χ4n) is 2.93. The second-order valence-electron chi connectivity index (χ2n) is 5.52. The van der Waals surface area contributed by atoms with Gasteiger partial charge in [-0.05, 0) is 62.4 Å². The van der Waals surface area contributed by atoms with E-state index in [1.165, 1.54) is 17.5 Å². The first-order valence-electron chi connectivity index (χ1n) is 7.09. The zero-order valence-electron chi connectivity index (χ0n) is 12.0. The zero-order valence-corrected chi connectivity index (χ0v) is 12.0. The number of nitrogens with zero attached hydrogens (tertiary/aromatic N) is 2. The van der Waals surface area contributed by atoms with Crippen LogP contribution in [0.15, 0.2) is 24.3 Å². The van der Waals surface area contributed by atoms with Crippen LogP contribution in [0.5, 0.6) is 0 Å². The Labute approximate surface area is 119 Å². The van der Waals surface area contributed by atoms with Crippen molar-refractivity contribution < 1.29 is 0 Å². The molecule has 0 bridgehead atoms. The van der Waals surface area contributed by atoms with E-state index in [2.05, 4.69) is 27.4 Å². The Morgan fingerprint density at radius 1 is 1.15 bits per heavy atom. The van der Waals surface area contributed by atoms with E-state index in [1.807, 2.05) is 26.0 Å². The first-order chi connectivity index (χ1) is 9.61. The Morgan fingerprint density at radius 3 is 2.65 bits per heavy atom. The summed E-state index contributed by atoms with van der Waals surface area (Å²) >= 11 is 0. The minimum Gasteiger partial charge on any atom is -0.399 e. The lowest BCUT2D eigenvalue weighted by atomic mass is 9.87. The molecule has 0 radical (unpaired) electrons. The summed E-state index contributed by atoms with van der Waals surface area (Å²) in [5.74, 6) is 0.720. The van der Waals surface area contributed by atoms with Crippen molar-refractivity contribution in [3.8, 4) is 0 Å². The van der Waals surface area contributed by atoms with Gasteiger partial charge in [-0.15, -0.1) is 0 Å². The van der Waals surface area contributed by atoms with E-state index in [-0.39, 0.29) is 6.04 Å². The Hall–Kier alpha value is -2.10. The van der Waals surface area contributed by atoms with Gasteiger partial charge in [0.1, 0.15) is 0 Å². The highest BCUT2D eigenvalue weighted by molar-refractivity contribution is 5.48. The maximum absolute atomic E-state index is 5.87. The maximum Gasteiger partial charge on any atom is 0.223 e. The second-order valence-corrected chi connectivity index (χ2v) is 5.52. The van der Waals surface area contributed by atoms with Gasteiger partial charge in [-0.25, -0.2) is 9.97 Å². The van der Waals surface area contributed by atoms with Crippen LogP contribution in [0.25, 0.3) is 0 Å². The predicted molar refractivity (Wildman–Crippen MR) is 81.7 cm³/mol. The summed E-state index contributed by atoms with van der Waals surface area (Å²) in [6, 6.07) is 8.46. The summed E-state index contributed by atoms with van der Waals surface area (Å²) in [4.78, 5) is 8.94. The highest BCUT2D eigenvalue weighted by Gasteiger charge is 2.20. The van der Waals surface area contributed by atoms with Gasteiger partial charge in [0.2, 0.25) is 5.95 Å². The van der Waals surface area contributed by atoms with Crippen molar-refractivity contribution in [2.45, 2.75) is 39.2 Å². The largest absolute Gasteiger partial charge is 0.399 e. The minimum absolute atomic E-state index is 0.278. The van der Waals surface area contributed by atoms with Crippen LogP contribution in [0, 0.1) is 13.8 Å². The highest BCUT2D eigenvalue weighted by Crippen LogP contribution is 2.32. The number of hydrogen-bond donors (Lipinski definition) is 2. The van der Waals surface area contributed by atoms with Crippen LogP contribution in [-0.2, 0) is 6.42 Å². The Morgan fingerprint density at radius 2 is 1.90 bits per heavy atom. The number of benzene rings is 1. The van der Waals surface area contributed by atoms with Crippen molar-refractivity contribution in [3.63, 3.8) is 0 Å². The lowest BCUT2D eigenvalue weighted by Gasteiger charge is -2.26. The lowest BCUT2D eigenvalue weighted by Crippen LogP contribution is -2.19. The van der Waals surface area contributed by atoms with Gasteiger partial charge in [0, 0.05) is 17.1 Å². The normalized spacial score (nSPS) is 17.6. The third-order valence-corrected chi connectivity index (χ3v) is 3.77. The standard InChI is InChI=1S/C16H20N4/c1-10-8-11(2)19-16(18-10)20-15-5-3-4-12-9-13(17)6-7-14(12)15/h6-9,15H,3-5,17H2,1-2H3,(H,18,19,20). The average molecular weight is 268 g/mol. The number of hydrogen-bond acceptors (Lipinski definition) is 4. The molecule has 0 saturated heterocycles. The van der Waals surface area contributed by atoms with Crippen molar-refractivity contribution in [1.29, 1.82) is 0 Å². The van der Waals surface area contributed by atoms with Crippen molar-refractivity contribution in [2.75, 3.05) is 11.1 Å². The molecule has 1 unspecified atom stereocenters. The van der Waals surface area contributed by atoms with Gasteiger partial charge in [-0.3, -0.25) is 0 Å². The van der Waals surface area contributed by atoms with E-state index < -0.39 is 0 Å². The number of aromatic nitrogens is 2. The molecular formula is C16H20N4. The second kappa shape index (κ2) is 5.12. The smallest absolute Gasteiger partial charge is 0.223 e. The van der Waals surface area contributed by atoms with Crippen molar-refractivity contribution in [2.24, 2.45) is 0 Å². The number of nitrogen functional groups attached to an aromatic ring is 1. The number of nitrogens with two attached hydrogens (primary N) is 1. The van der Waals surface area contributed by atoms with E-state index in [1.54, 1.807) is 0 Å². The van der Waals surface area contributed by atoms with Gasteiger partial charge in [-0.2, -0.15) is 0 Å². The number of fused-ring (bicyclic) bond motifs is 1. The summed E-state index contributed by atoms with van der Waals surface area (Å²) in [5.41, 5.74) is 11.4. The fourth-order valence-corrected chi connectivity index (χ4v) is 2.93. The van der Waals surface area contributed by atoms with Crippen LogP contribution < -0.4 is 11.1 Å². The monoisotopic (exact) mass is 268 g/mol. The molecular weight excluding hydrogens is 248 g/mol. The summed E-state index contributed by atoms with van der Waals surface area (Å²) in [6.07, 6.45) is 3.37. The molecule has 1 aromatic heterocycles. The molecule has 3 N–H and O–H groups in total. The van der Waals surface area contributed by atoms with Gasteiger partial charge in [0.25, 0.3) is 0 Å². The van der Waals surface area contributed by atoms with Crippen LogP contribution in [0.3, 0.4) is 0 Å². The molecule has 20 heavy (non-hydrogen) atoms. The quantitative estimate of drug-likeness (QED) is 0.821. The van der Waals surface area contributed by atoms with Crippen molar-refractivity contribution in [1.82, 2.24) is 9.97 Å². The van der Waals surface area contributed by atoms with Crippen LogP contribution in [-0.4, -0.2) is 9.97 Å². The number of anilines is 2. The zero-order chi connectivity index (χ0) is 14.1. The van der Waals surface area contributed by atoms with Gasteiger partial charge in [-0.1, -0.05) is 6.07 Å². The Balaban J connectivity index is 1.89. The highest BCUT2D eigenvalue weighted by atomic mass is 15.1. The Kier molecular flexibility index (Phi) is 3.30. The van der Waals surface area contributed by atoms with Crippen molar-refractivity contribution >= 4 is 11.6 Å². The molecule has 0 amide bonds. The molecule has 1 atom stereocenters. The van der Waals surface area contributed by atoms with E-state index in [0.29, 0.717) is 0 Å². The number of rotatable bonds is 2. The molecule has 2 aromatic rings. The summed E-state index contributed by atoms with van der Waals surface area (Å²) < 4.78 is 0. The van der Waals surface area contributed by atoms with Crippen molar-refractivity contribution in [3.05, 3.63) is 46.8 Å². The molecule has 0 fully saturated rings. The van der Waals surface area contributed by atoms with E-state index in [0.717, 1.165) is 35.9 Å². The molecule has 0 spiro atoms. The SMILES string of the molecule is Cc1cc(C)nc(NC2CCCc3cc(N)ccc32)n1. The molecule has 1 aromatic carbocycles. The van der Waals surface area contributed by atoms with E-state index in [4.69, 9.17) is 5.73 Å². The number of nitrogens with one attached hydrogen (secondary N) is 1. The van der Waals surface area contributed by atoms with Crippen LogP contribution in [0.1, 0.15) is 41.4 Å². The summed E-state index contributed by atoms with van der Waals surface area (Å²) in [7, 11) is 0. The maximum atomic E-state index is 5.87. The molecule has 1 aliphatic carbocycles. The van der Waals surface area contributed by atoms with Gasteiger partial charge in [0.05, 0.1) is 6.04 Å². The van der Waals surface area contributed by atoms with Gasteiger partial charge >= 0.3 is 0 Å². The molecule has 4 nitrogen and oxygen atoms in total. The molecule has 4 heteroatoms. The molecule has 1 heterocycles. The first kappa shape index (κ1) is 12.9. The van der Waals surface area contributed by atoms with Crippen LogP contribution >= 0.6 is 0 Å². The molecule has 0 saturated carbocycles. The Bertz CT molecular complexity index is 616. The van der Waals surface area contributed by atoms with E-state index in [9.17, 15) is 0 Å². The topological polar surface area (TPSA) is 63.8 Å². The predicted octanol–water partition coefficient (Wildman–Crippen LogP) is 3.17. The van der Waals surface area contributed by atoms with Crippen LogP contribution in [0.4, 0.5) is 11.6 Å². The molecule has 1 aliphatic rings. The first-order valence-corrected chi connectivity index (χ1v) is 7.09. The average Bonchev–Trinajstić information content (AvgIpc) is 2.37. The molecule has 104 valence electrons. The van der Waals surface area contributed by atoms with Crippen LogP contribution in [0.2, 0.25) is 0 Å². The third kappa shape index (κ3) is 2.59. The van der Waals surface area contributed by atoms with Gasteiger partial charge < -0.3 is 11.1 Å². The minimum atomic E-state index is 0.278. The summed E-state index contributed by atoms with van der Waals surface area (Å²) in [6.45, 7) is 3.99. The van der Waals surface area contributed by atoms with Gasteiger partial charge in [0.15, 0.2) is 0 Å². The molecule has 0 aliphatic heterocycles. The number of aryl methyl sites for hydroxylation is 3. The summed E-state index contributed by atoms with van der Waals surface area (Å²) in [5, 5.41) is 3.48. The fraction of sp³-hybridized carbons (Fsp3) is 0.375. The lowest BCUT2D eigenvalue weighted by molar-refractivity contribution is 0.596. The third-order valence-electron chi connectivity index (χ3n) is 3.77. The molecule has 3 rings (SSSR count).